The lowest BCUT2D eigenvalue weighted by Gasteiger charge is -1.95. The van der Waals surface area contributed by atoms with Crippen molar-refractivity contribution >= 4 is 28.0 Å². The zero-order chi connectivity index (χ0) is 9.26. The van der Waals surface area contributed by atoms with Crippen molar-refractivity contribution in [3.8, 4) is 5.75 Å². The highest BCUT2D eigenvalue weighted by molar-refractivity contribution is 7.16. The molecule has 0 saturated carbocycles. The van der Waals surface area contributed by atoms with Crippen molar-refractivity contribution in [1.82, 2.24) is 4.98 Å². The van der Waals surface area contributed by atoms with Crippen LogP contribution in [0.5, 0.6) is 5.75 Å². The van der Waals surface area contributed by atoms with Gasteiger partial charge in [0.15, 0.2) is 0 Å². The zero-order valence-electron chi connectivity index (χ0n) is 6.44. The molecule has 0 spiro atoms. The maximum atomic E-state index is 10.9. The summed E-state index contributed by atoms with van der Waals surface area (Å²) in [6, 6.07) is 4.97. The van der Waals surface area contributed by atoms with Crippen LogP contribution in [0.1, 0.15) is 0 Å². The minimum atomic E-state index is -0.113. The van der Waals surface area contributed by atoms with Gasteiger partial charge in [0.2, 0.25) is 0 Å². The predicted octanol–water partition coefficient (Wildman–Crippen LogP) is 1.12. The van der Waals surface area contributed by atoms with Crippen molar-refractivity contribution in [2.45, 2.75) is 0 Å². The summed E-state index contributed by atoms with van der Waals surface area (Å²) in [5, 5.41) is 0. The number of benzene rings is 1. The third-order valence-electron chi connectivity index (χ3n) is 1.58. The summed E-state index contributed by atoms with van der Waals surface area (Å²) in [5.41, 5.74) is 0.758. The van der Waals surface area contributed by atoms with E-state index in [1.54, 1.807) is 18.2 Å². The monoisotopic (exact) mass is 195 g/mol. The van der Waals surface area contributed by atoms with Crippen molar-refractivity contribution < 1.29 is 9.53 Å². The molecule has 0 aliphatic carbocycles. The highest BCUT2D eigenvalue weighted by Crippen LogP contribution is 2.20. The molecule has 1 heterocycles. The molecule has 1 aromatic heterocycles. The normalized spacial score (nSPS) is 10.2. The minimum Gasteiger partial charge on any atom is -0.429 e. The molecular weight excluding hydrogens is 190 g/mol. The average molecular weight is 195 g/mol. The van der Waals surface area contributed by atoms with Crippen molar-refractivity contribution in [3.05, 3.63) is 27.9 Å². The van der Waals surface area contributed by atoms with Gasteiger partial charge < -0.3 is 9.72 Å². The zero-order valence-corrected chi connectivity index (χ0v) is 7.26. The smallest absolute Gasteiger partial charge is 0.305 e. The van der Waals surface area contributed by atoms with E-state index in [1.165, 1.54) is 0 Å². The number of carbonyl (C=O) groups is 1. The van der Waals surface area contributed by atoms with Crippen LogP contribution < -0.4 is 9.61 Å². The Morgan fingerprint density at radius 2 is 2.31 bits per heavy atom. The van der Waals surface area contributed by atoms with E-state index in [4.69, 9.17) is 0 Å². The summed E-state index contributed by atoms with van der Waals surface area (Å²) >= 11 is 1.09. The Labute approximate surface area is 76.8 Å². The number of ether oxygens (including phenoxy) is 1. The molecular formula is C8H5NO3S. The fourth-order valence-electron chi connectivity index (χ4n) is 1.05. The van der Waals surface area contributed by atoms with Crippen molar-refractivity contribution in [2.75, 3.05) is 0 Å². The van der Waals surface area contributed by atoms with Crippen molar-refractivity contribution in [2.24, 2.45) is 0 Å². The van der Waals surface area contributed by atoms with Crippen LogP contribution in [0.15, 0.2) is 23.0 Å². The summed E-state index contributed by atoms with van der Waals surface area (Å²) in [6.45, 7) is 0.358. The van der Waals surface area contributed by atoms with Crippen LogP contribution in [0.4, 0.5) is 0 Å². The van der Waals surface area contributed by atoms with Gasteiger partial charge in [0.05, 0.1) is 10.2 Å². The lowest BCUT2D eigenvalue weighted by atomic mass is 10.3. The highest BCUT2D eigenvalue weighted by Gasteiger charge is 2.00. The summed E-state index contributed by atoms with van der Waals surface area (Å²) in [6.07, 6.45) is 0. The van der Waals surface area contributed by atoms with Crippen LogP contribution in [0.3, 0.4) is 0 Å². The Morgan fingerprint density at radius 3 is 3.08 bits per heavy atom. The Bertz CT molecular complexity index is 499. The second kappa shape index (κ2) is 3.02. The molecule has 66 valence electrons. The first kappa shape index (κ1) is 8.00. The van der Waals surface area contributed by atoms with E-state index in [-0.39, 0.29) is 4.87 Å². The van der Waals surface area contributed by atoms with E-state index < -0.39 is 0 Å². The molecule has 0 saturated heterocycles. The molecule has 4 nitrogen and oxygen atoms in total. The quantitative estimate of drug-likeness (QED) is 0.730. The first-order valence-corrected chi connectivity index (χ1v) is 4.34. The number of nitrogens with one attached hydrogen (secondary N) is 1. The fraction of sp³-hybridized carbons (Fsp3) is 0. The summed E-state index contributed by atoms with van der Waals surface area (Å²) in [5.74, 6) is 0.442. The van der Waals surface area contributed by atoms with E-state index in [1.807, 2.05) is 0 Å². The summed E-state index contributed by atoms with van der Waals surface area (Å²) in [4.78, 5) is 23.5. The maximum Gasteiger partial charge on any atom is 0.305 e. The topological polar surface area (TPSA) is 59.2 Å². The lowest BCUT2D eigenvalue weighted by Crippen LogP contribution is -1.89. The second-order valence-electron chi connectivity index (χ2n) is 2.39. The summed E-state index contributed by atoms with van der Waals surface area (Å²) < 4.78 is 5.42. The Morgan fingerprint density at radius 1 is 1.46 bits per heavy atom. The SMILES string of the molecule is O=COc1ccc2[nH]c(=O)sc2c1. The Balaban J connectivity index is 2.60. The van der Waals surface area contributed by atoms with Gasteiger partial charge in [-0.25, -0.2) is 0 Å². The van der Waals surface area contributed by atoms with Crippen LogP contribution in [-0.2, 0) is 4.79 Å². The molecule has 0 fully saturated rings. The number of rotatable bonds is 2. The fourth-order valence-corrected chi connectivity index (χ4v) is 1.82. The number of H-pyrrole nitrogens is 1. The molecule has 0 bridgehead atoms. The van der Waals surface area contributed by atoms with Gasteiger partial charge in [-0.3, -0.25) is 9.59 Å². The van der Waals surface area contributed by atoms with Crippen molar-refractivity contribution in [3.63, 3.8) is 0 Å². The van der Waals surface area contributed by atoms with Gasteiger partial charge in [0, 0.05) is 6.07 Å². The lowest BCUT2D eigenvalue weighted by molar-refractivity contribution is -0.120. The van der Waals surface area contributed by atoms with E-state index in [9.17, 15) is 9.59 Å². The van der Waals surface area contributed by atoms with Crippen LogP contribution >= 0.6 is 11.3 Å². The first-order valence-electron chi connectivity index (χ1n) is 3.53. The third-order valence-corrected chi connectivity index (χ3v) is 2.42. The molecule has 2 aromatic rings. The van der Waals surface area contributed by atoms with Gasteiger partial charge in [-0.15, -0.1) is 0 Å². The molecule has 5 heteroatoms. The Kier molecular flexibility index (Phi) is 1.86. The van der Waals surface area contributed by atoms with Crippen LogP contribution in [0, 0.1) is 0 Å². The van der Waals surface area contributed by atoms with Crippen LogP contribution in [0.25, 0.3) is 10.2 Å². The number of aromatic nitrogens is 1. The van der Waals surface area contributed by atoms with E-state index in [0.29, 0.717) is 12.2 Å². The molecule has 0 amide bonds. The van der Waals surface area contributed by atoms with E-state index in [2.05, 4.69) is 9.72 Å². The molecule has 0 unspecified atom stereocenters. The van der Waals surface area contributed by atoms with Crippen LogP contribution in [0.2, 0.25) is 0 Å². The van der Waals surface area contributed by atoms with Crippen molar-refractivity contribution in [1.29, 1.82) is 0 Å². The number of hydrogen-bond acceptors (Lipinski definition) is 4. The largest absolute Gasteiger partial charge is 0.429 e. The number of thiazole rings is 1. The van der Waals surface area contributed by atoms with Gasteiger partial charge >= 0.3 is 4.87 Å². The number of fused-ring (bicyclic) bond motifs is 1. The summed E-state index contributed by atoms with van der Waals surface area (Å²) in [7, 11) is 0. The molecule has 2 rings (SSSR count). The number of carbonyl (C=O) groups excluding carboxylic acids is 1. The highest BCUT2D eigenvalue weighted by atomic mass is 32.1. The predicted molar refractivity (Wildman–Crippen MR) is 49.1 cm³/mol. The molecule has 0 atom stereocenters. The number of aromatic amines is 1. The molecule has 0 radical (unpaired) electrons. The van der Waals surface area contributed by atoms with E-state index in [0.717, 1.165) is 21.6 Å². The minimum absolute atomic E-state index is 0.113. The van der Waals surface area contributed by atoms with Crippen LogP contribution in [-0.4, -0.2) is 11.5 Å². The molecule has 0 aliphatic rings. The van der Waals surface area contributed by atoms with Gasteiger partial charge in [-0.05, 0) is 12.1 Å². The molecule has 1 aromatic carbocycles. The molecule has 13 heavy (non-hydrogen) atoms. The van der Waals surface area contributed by atoms with Gasteiger partial charge in [-0.2, -0.15) is 0 Å². The number of hydrogen-bond donors (Lipinski definition) is 1. The van der Waals surface area contributed by atoms with Gasteiger partial charge in [0.25, 0.3) is 6.47 Å². The van der Waals surface area contributed by atoms with E-state index >= 15 is 0 Å². The Hall–Kier alpha value is -1.62. The average Bonchev–Trinajstić information content (AvgIpc) is 2.44. The van der Waals surface area contributed by atoms with Gasteiger partial charge in [-0.1, -0.05) is 11.3 Å². The maximum absolute atomic E-state index is 10.9. The molecule has 1 N–H and O–H groups in total. The standard InChI is InChI=1S/C8H5NO3S/c10-4-12-5-1-2-6-7(3-5)13-8(11)9-6/h1-4H,(H,9,11). The molecule has 0 aliphatic heterocycles. The van der Waals surface area contributed by atoms with Gasteiger partial charge in [0.1, 0.15) is 5.75 Å². The second-order valence-corrected chi connectivity index (χ2v) is 3.40. The first-order chi connectivity index (χ1) is 6.29. The third kappa shape index (κ3) is 1.46.